The molecule has 4 nitrogen and oxygen atoms in total. The summed E-state index contributed by atoms with van der Waals surface area (Å²) in [6, 6.07) is 5.75. The molecule has 0 bridgehead atoms. The standard InChI is InChI=1S/C14H21NO3/c1-11(16)10-15(2)8-7-12-9-13(17-3)5-6-14(12)18-4/h5-6,9H,7-8,10H2,1-4H3. The summed E-state index contributed by atoms with van der Waals surface area (Å²) in [6.07, 6.45) is 0.824. The minimum atomic E-state index is 0.176. The van der Waals surface area contributed by atoms with Gasteiger partial charge in [0.15, 0.2) is 0 Å². The molecule has 0 N–H and O–H groups in total. The van der Waals surface area contributed by atoms with E-state index < -0.39 is 0 Å². The summed E-state index contributed by atoms with van der Waals surface area (Å²) in [5.41, 5.74) is 1.09. The van der Waals surface area contributed by atoms with Gasteiger partial charge in [-0.15, -0.1) is 0 Å². The molecule has 0 amide bonds. The highest BCUT2D eigenvalue weighted by Crippen LogP contribution is 2.24. The number of methoxy groups -OCH3 is 2. The number of hydrogen-bond acceptors (Lipinski definition) is 4. The number of rotatable bonds is 7. The van der Waals surface area contributed by atoms with Crippen LogP contribution in [0.4, 0.5) is 0 Å². The van der Waals surface area contributed by atoms with Gasteiger partial charge in [-0.25, -0.2) is 0 Å². The Morgan fingerprint density at radius 2 is 2.00 bits per heavy atom. The van der Waals surface area contributed by atoms with Gasteiger partial charge in [0, 0.05) is 6.54 Å². The van der Waals surface area contributed by atoms with Crippen LogP contribution in [-0.4, -0.2) is 45.0 Å². The van der Waals surface area contributed by atoms with Crippen LogP contribution < -0.4 is 9.47 Å². The van der Waals surface area contributed by atoms with Crippen LogP contribution in [0.3, 0.4) is 0 Å². The Morgan fingerprint density at radius 1 is 1.28 bits per heavy atom. The molecule has 0 saturated heterocycles. The minimum Gasteiger partial charge on any atom is -0.497 e. The van der Waals surface area contributed by atoms with E-state index in [1.54, 1.807) is 21.1 Å². The molecule has 4 heteroatoms. The van der Waals surface area contributed by atoms with E-state index >= 15 is 0 Å². The van der Waals surface area contributed by atoms with Gasteiger partial charge in [-0.1, -0.05) is 0 Å². The normalized spacial score (nSPS) is 10.5. The number of benzene rings is 1. The lowest BCUT2D eigenvalue weighted by Crippen LogP contribution is -2.26. The molecule has 0 aliphatic rings. The SMILES string of the molecule is COc1ccc(OC)c(CCN(C)CC(C)=O)c1. The monoisotopic (exact) mass is 251 g/mol. The van der Waals surface area contributed by atoms with Crippen molar-refractivity contribution in [1.82, 2.24) is 4.90 Å². The van der Waals surface area contributed by atoms with Gasteiger partial charge in [0.1, 0.15) is 17.3 Å². The van der Waals surface area contributed by atoms with Crippen molar-refractivity contribution in [3.05, 3.63) is 23.8 Å². The second kappa shape index (κ2) is 7.01. The van der Waals surface area contributed by atoms with E-state index in [0.29, 0.717) is 6.54 Å². The minimum absolute atomic E-state index is 0.176. The molecule has 0 saturated carbocycles. The van der Waals surface area contributed by atoms with Gasteiger partial charge in [0.05, 0.1) is 20.8 Å². The lowest BCUT2D eigenvalue weighted by atomic mass is 10.1. The molecule has 0 spiro atoms. The van der Waals surface area contributed by atoms with Crippen molar-refractivity contribution >= 4 is 5.78 Å². The fraction of sp³-hybridized carbons (Fsp3) is 0.500. The summed E-state index contributed by atoms with van der Waals surface area (Å²) < 4.78 is 10.5. The van der Waals surface area contributed by atoms with Gasteiger partial charge in [0.25, 0.3) is 0 Å². The fourth-order valence-corrected chi connectivity index (χ4v) is 1.85. The van der Waals surface area contributed by atoms with Crippen LogP contribution in [0, 0.1) is 0 Å². The molecule has 0 atom stereocenters. The number of carbonyl (C=O) groups excluding carboxylic acids is 1. The molecule has 0 aliphatic heterocycles. The molecule has 100 valence electrons. The largest absolute Gasteiger partial charge is 0.497 e. The first kappa shape index (κ1) is 14.5. The highest BCUT2D eigenvalue weighted by molar-refractivity contribution is 5.77. The molecule has 0 aliphatic carbocycles. The fourth-order valence-electron chi connectivity index (χ4n) is 1.85. The Balaban J connectivity index is 2.67. The highest BCUT2D eigenvalue weighted by Gasteiger charge is 2.07. The summed E-state index contributed by atoms with van der Waals surface area (Å²) in [4.78, 5) is 13.0. The number of ketones is 1. The van der Waals surface area contributed by atoms with Crippen molar-refractivity contribution in [2.75, 3.05) is 34.4 Å². The van der Waals surface area contributed by atoms with Crippen LogP contribution in [0.25, 0.3) is 0 Å². The zero-order chi connectivity index (χ0) is 13.5. The van der Waals surface area contributed by atoms with Gasteiger partial charge in [-0.3, -0.25) is 9.69 Å². The van der Waals surface area contributed by atoms with Crippen LogP contribution in [0.2, 0.25) is 0 Å². The molecule has 0 fully saturated rings. The first-order chi connectivity index (χ1) is 8.56. The van der Waals surface area contributed by atoms with Gasteiger partial charge in [-0.2, -0.15) is 0 Å². The smallest absolute Gasteiger partial charge is 0.143 e. The molecule has 0 radical (unpaired) electrons. The lowest BCUT2D eigenvalue weighted by molar-refractivity contribution is -0.117. The third-order valence-electron chi connectivity index (χ3n) is 2.74. The number of carbonyl (C=O) groups is 1. The first-order valence-corrected chi connectivity index (χ1v) is 5.95. The molecule has 0 unspecified atom stereocenters. The average molecular weight is 251 g/mol. The van der Waals surface area contributed by atoms with E-state index in [1.165, 1.54) is 0 Å². The molecular weight excluding hydrogens is 230 g/mol. The van der Waals surface area contributed by atoms with E-state index in [0.717, 1.165) is 30.0 Å². The lowest BCUT2D eigenvalue weighted by Gasteiger charge is -2.16. The molecule has 1 aromatic rings. The van der Waals surface area contributed by atoms with Crippen LogP contribution in [0.5, 0.6) is 11.5 Å². The van der Waals surface area contributed by atoms with Gasteiger partial charge >= 0.3 is 0 Å². The van der Waals surface area contributed by atoms with E-state index in [4.69, 9.17) is 9.47 Å². The number of likely N-dealkylation sites (N-methyl/N-ethyl adjacent to an activating group) is 1. The molecular formula is C14H21NO3. The second-order valence-corrected chi connectivity index (χ2v) is 4.37. The molecule has 0 aromatic heterocycles. The number of Topliss-reactive ketones (excluding diaryl/α,β-unsaturated/α-hetero) is 1. The maximum atomic E-state index is 11.0. The maximum absolute atomic E-state index is 11.0. The van der Waals surface area contributed by atoms with Crippen molar-refractivity contribution in [1.29, 1.82) is 0 Å². The Labute approximate surface area is 108 Å². The van der Waals surface area contributed by atoms with E-state index in [1.807, 2.05) is 30.1 Å². The maximum Gasteiger partial charge on any atom is 0.143 e. The van der Waals surface area contributed by atoms with Crippen LogP contribution >= 0.6 is 0 Å². The predicted molar refractivity (Wildman–Crippen MR) is 71.4 cm³/mol. The van der Waals surface area contributed by atoms with Crippen molar-refractivity contribution in [2.24, 2.45) is 0 Å². The predicted octanol–water partition coefficient (Wildman–Crippen LogP) is 1.77. The van der Waals surface area contributed by atoms with Gasteiger partial charge in [0.2, 0.25) is 0 Å². The van der Waals surface area contributed by atoms with E-state index in [-0.39, 0.29) is 5.78 Å². The van der Waals surface area contributed by atoms with Crippen molar-refractivity contribution in [3.8, 4) is 11.5 Å². The van der Waals surface area contributed by atoms with Crippen molar-refractivity contribution < 1.29 is 14.3 Å². The van der Waals surface area contributed by atoms with Crippen LogP contribution in [-0.2, 0) is 11.2 Å². The Bertz CT molecular complexity index is 404. The molecule has 1 aromatic carbocycles. The van der Waals surface area contributed by atoms with E-state index in [2.05, 4.69) is 0 Å². The zero-order valence-corrected chi connectivity index (χ0v) is 11.5. The van der Waals surface area contributed by atoms with Crippen molar-refractivity contribution in [2.45, 2.75) is 13.3 Å². The first-order valence-electron chi connectivity index (χ1n) is 5.95. The molecule has 0 heterocycles. The average Bonchev–Trinajstić information content (AvgIpc) is 2.35. The van der Waals surface area contributed by atoms with Gasteiger partial charge < -0.3 is 9.47 Å². The number of ether oxygens (including phenoxy) is 2. The summed E-state index contributed by atoms with van der Waals surface area (Å²) in [5, 5.41) is 0. The Morgan fingerprint density at radius 3 is 2.56 bits per heavy atom. The van der Waals surface area contributed by atoms with Gasteiger partial charge in [-0.05, 0) is 44.2 Å². The third kappa shape index (κ3) is 4.37. The summed E-state index contributed by atoms with van der Waals surface area (Å²) >= 11 is 0. The molecule has 18 heavy (non-hydrogen) atoms. The summed E-state index contributed by atoms with van der Waals surface area (Å²) in [7, 11) is 5.24. The quantitative estimate of drug-likeness (QED) is 0.740. The van der Waals surface area contributed by atoms with Crippen LogP contribution in [0.15, 0.2) is 18.2 Å². The number of hydrogen-bond donors (Lipinski definition) is 0. The Hall–Kier alpha value is -1.55. The number of nitrogens with zero attached hydrogens (tertiary/aromatic N) is 1. The van der Waals surface area contributed by atoms with E-state index in [9.17, 15) is 4.79 Å². The summed E-state index contributed by atoms with van der Waals surface area (Å²) in [5.74, 6) is 1.85. The van der Waals surface area contributed by atoms with Crippen LogP contribution in [0.1, 0.15) is 12.5 Å². The zero-order valence-electron chi connectivity index (χ0n) is 11.5. The summed E-state index contributed by atoms with van der Waals surface area (Å²) in [6.45, 7) is 2.89. The topological polar surface area (TPSA) is 38.8 Å². The third-order valence-corrected chi connectivity index (χ3v) is 2.74. The van der Waals surface area contributed by atoms with Crippen molar-refractivity contribution in [3.63, 3.8) is 0 Å². The molecule has 1 rings (SSSR count). The Kier molecular flexibility index (Phi) is 5.65. The second-order valence-electron chi connectivity index (χ2n) is 4.37. The highest BCUT2D eigenvalue weighted by atomic mass is 16.5.